The average Bonchev–Trinajstić information content (AvgIpc) is 2.68. The van der Waals surface area contributed by atoms with Gasteiger partial charge < -0.3 is 14.4 Å². The molecule has 0 amide bonds. The van der Waals surface area contributed by atoms with Crippen molar-refractivity contribution in [2.75, 3.05) is 40.4 Å². The predicted molar refractivity (Wildman–Crippen MR) is 107 cm³/mol. The molecular formula is C19H24BrN2O4S+. The molecule has 0 spiro atoms. The fourth-order valence-corrected chi connectivity index (χ4v) is 5.25. The van der Waals surface area contributed by atoms with Crippen molar-refractivity contribution in [3.8, 4) is 11.5 Å². The molecule has 0 aliphatic carbocycles. The van der Waals surface area contributed by atoms with Crippen molar-refractivity contribution in [1.29, 1.82) is 0 Å². The van der Waals surface area contributed by atoms with Gasteiger partial charge in [-0.15, -0.1) is 0 Å². The molecule has 1 heterocycles. The highest BCUT2D eigenvalue weighted by molar-refractivity contribution is 9.10. The summed E-state index contributed by atoms with van der Waals surface area (Å²) < 4.78 is 38.5. The van der Waals surface area contributed by atoms with Gasteiger partial charge in [-0.2, -0.15) is 4.31 Å². The number of benzene rings is 2. The second-order valence-electron chi connectivity index (χ2n) is 6.48. The Labute approximate surface area is 168 Å². The molecule has 1 fully saturated rings. The molecule has 1 aliphatic rings. The van der Waals surface area contributed by atoms with Gasteiger partial charge >= 0.3 is 0 Å². The normalized spacial score (nSPS) is 16.3. The third-order valence-electron chi connectivity index (χ3n) is 4.80. The lowest BCUT2D eigenvalue weighted by Crippen LogP contribution is -3.13. The largest absolute Gasteiger partial charge is 0.497 e. The van der Waals surface area contributed by atoms with Gasteiger partial charge in [-0.05, 0) is 58.4 Å². The van der Waals surface area contributed by atoms with E-state index in [1.54, 1.807) is 42.8 Å². The van der Waals surface area contributed by atoms with Crippen LogP contribution in [0.2, 0.25) is 0 Å². The van der Waals surface area contributed by atoms with E-state index in [-0.39, 0.29) is 0 Å². The SMILES string of the molecule is COc1ccc(S(=O)(=O)N2CC[NH+](Cc3ccc(OC)c(Br)c3)CC2)cc1. The van der Waals surface area contributed by atoms with Crippen molar-refractivity contribution >= 4 is 26.0 Å². The number of quaternary nitrogens is 1. The maximum Gasteiger partial charge on any atom is 0.243 e. The fourth-order valence-electron chi connectivity index (χ4n) is 3.22. The van der Waals surface area contributed by atoms with E-state index in [9.17, 15) is 8.42 Å². The van der Waals surface area contributed by atoms with Crippen LogP contribution in [0.4, 0.5) is 0 Å². The number of rotatable bonds is 6. The van der Waals surface area contributed by atoms with Gasteiger partial charge in [0.15, 0.2) is 0 Å². The van der Waals surface area contributed by atoms with E-state index in [1.807, 2.05) is 6.07 Å². The fraction of sp³-hybridized carbons (Fsp3) is 0.368. The number of ether oxygens (including phenoxy) is 2. The molecule has 2 aromatic rings. The minimum absolute atomic E-state index is 0.311. The van der Waals surface area contributed by atoms with E-state index in [4.69, 9.17) is 9.47 Å². The second-order valence-corrected chi connectivity index (χ2v) is 9.27. The van der Waals surface area contributed by atoms with E-state index in [0.29, 0.717) is 23.7 Å². The lowest BCUT2D eigenvalue weighted by atomic mass is 10.2. The predicted octanol–water partition coefficient (Wildman–Crippen LogP) is 1.56. The van der Waals surface area contributed by atoms with Crippen LogP contribution in [0.1, 0.15) is 5.56 Å². The molecule has 3 rings (SSSR count). The molecule has 0 unspecified atom stereocenters. The molecule has 8 heteroatoms. The molecule has 0 saturated carbocycles. The standard InChI is InChI=1S/C19H23BrN2O4S/c1-25-16-4-6-17(7-5-16)27(23,24)22-11-9-21(10-12-22)14-15-3-8-19(26-2)18(20)13-15/h3-8,13H,9-12,14H2,1-2H3/p+1. The van der Waals surface area contributed by atoms with Gasteiger partial charge in [0.25, 0.3) is 0 Å². The average molecular weight is 456 g/mol. The number of piperazine rings is 1. The third kappa shape index (κ3) is 4.63. The van der Waals surface area contributed by atoms with Gasteiger partial charge in [-0.1, -0.05) is 0 Å². The number of halogens is 1. The molecule has 1 saturated heterocycles. The van der Waals surface area contributed by atoms with Crippen molar-refractivity contribution in [3.05, 3.63) is 52.5 Å². The monoisotopic (exact) mass is 455 g/mol. The topological polar surface area (TPSA) is 60.3 Å². The molecule has 0 bridgehead atoms. The Morgan fingerprint density at radius 1 is 1.04 bits per heavy atom. The van der Waals surface area contributed by atoms with Crippen LogP contribution in [0.25, 0.3) is 0 Å². The molecule has 2 aromatic carbocycles. The first-order valence-corrected chi connectivity index (χ1v) is 11.0. The van der Waals surface area contributed by atoms with E-state index in [1.165, 1.54) is 10.5 Å². The summed E-state index contributed by atoms with van der Waals surface area (Å²) >= 11 is 3.51. The first kappa shape index (κ1) is 20.1. The van der Waals surface area contributed by atoms with Crippen LogP contribution in [-0.2, 0) is 16.6 Å². The van der Waals surface area contributed by atoms with Crippen molar-refractivity contribution in [2.45, 2.75) is 11.4 Å². The lowest BCUT2D eigenvalue weighted by molar-refractivity contribution is -0.917. The summed E-state index contributed by atoms with van der Waals surface area (Å²) in [5.41, 5.74) is 1.20. The Bertz CT molecular complexity index is 879. The van der Waals surface area contributed by atoms with Crippen LogP contribution in [0.5, 0.6) is 11.5 Å². The zero-order chi connectivity index (χ0) is 19.4. The summed E-state index contributed by atoms with van der Waals surface area (Å²) in [6.45, 7) is 3.44. The number of sulfonamides is 1. The van der Waals surface area contributed by atoms with E-state index < -0.39 is 10.0 Å². The maximum absolute atomic E-state index is 12.8. The van der Waals surface area contributed by atoms with Crippen molar-refractivity contribution < 1.29 is 22.8 Å². The van der Waals surface area contributed by atoms with E-state index in [2.05, 4.69) is 28.1 Å². The minimum Gasteiger partial charge on any atom is -0.497 e. The van der Waals surface area contributed by atoms with Crippen molar-refractivity contribution in [3.63, 3.8) is 0 Å². The minimum atomic E-state index is -3.46. The lowest BCUT2D eigenvalue weighted by Gasteiger charge is -2.31. The van der Waals surface area contributed by atoms with Crippen LogP contribution in [0, 0.1) is 0 Å². The van der Waals surface area contributed by atoms with Gasteiger partial charge in [0, 0.05) is 5.56 Å². The van der Waals surface area contributed by atoms with Gasteiger partial charge in [-0.3, -0.25) is 0 Å². The van der Waals surface area contributed by atoms with Crippen molar-refractivity contribution in [2.24, 2.45) is 0 Å². The third-order valence-corrected chi connectivity index (χ3v) is 7.33. The number of hydrogen-bond acceptors (Lipinski definition) is 4. The Morgan fingerprint density at radius 2 is 1.70 bits per heavy atom. The zero-order valence-electron chi connectivity index (χ0n) is 15.4. The number of nitrogens with zero attached hydrogens (tertiary/aromatic N) is 1. The van der Waals surface area contributed by atoms with Crippen molar-refractivity contribution in [1.82, 2.24) is 4.31 Å². The van der Waals surface area contributed by atoms with Gasteiger partial charge in [0.05, 0.1) is 49.8 Å². The highest BCUT2D eigenvalue weighted by atomic mass is 79.9. The first-order valence-electron chi connectivity index (χ1n) is 8.74. The molecule has 0 radical (unpaired) electrons. The molecule has 27 heavy (non-hydrogen) atoms. The molecule has 1 N–H and O–H groups in total. The van der Waals surface area contributed by atoms with Crippen LogP contribution in [0.3, 0.4) is 0 Å². The van der Waals surface area contributed by atoms with Crippen LogP contribution < -0.4 is 14.4 Å². The zero-order valence-corrected chi connectivity index (χ0v) is 17.8. The van der Waals surface area contributed by atoms with Gasteiger partial charge in [0.1, 0.15) is 18.0 Å². The number of hydrogen-bond donors (Lipinski definition) is 1. The summed E-state index contributed by atoms with van der Waals surface area (Å²) in [5.74, 6) is 1.46. The van der Waals surface area contributed by atoms with Gasteiger partial charge in [0.2, 0.25) is 10.0 Å². The number of nitrogens with one attached hydrogen (secondary N) is 1. The smallest absolute Gasteiger partial charge is 0.243 e. The Kier molecular flexibility index (Phi) is 6.41. The molecule has 0 atom stereocenters. The highest BCUT2D eigenvalue weighted by Gasteiger charge is 2.30. The Morgan fingerprint density at radius 3 is 2.26 bits per heavy atom. The van der Waals surface area contributed by atoms with E-state index in [0.717, 1.165) is 29.9 Å². The molecule has 0 aromatic heterocycles. The summed E-state index contributed by atoms with van der Waals surface area (Å²) in [4.78, 5) is 1.68. The quantitative estimate of drug-likeness (QED) is 0.717. The number of methoxy groups -OCH3 is 2. The molecule has 146 valence electrons. The Balaban J connectivity index is 1.61. The summed E-state index contributed by atoms with van der Waals surface area (Å²) in [7, 11) is -0.250. The van der Waals surface area contributed by atoms with Gasteiger partial charge in [-0.25, -0.2) is 8.42 Å². The molecule has 6 nitrogen and oxygen atoms in total. The van der Waals surface area contributed by atoms with Crippen LogP contribution in [-0.4, -0.2) is 53.1 Å². The second kappa shape index (κ2) is 8.60. The van der Waals surface area contributed by atoms with Crippen LogP contribution >= 0.6 is 15.9 Å². The summed E-state index contributed by atoms with van der Waals surface area (Å²) in [6.07, 6.45) is 0. The summed E-state index contributed by atoms with van der Waals surface area (Å²) in [6, 6.07) is 12.6. The maximum atomic E-state index is 12.8. The first-order chi connectivity index (χ1) is 12.9. The highest BCUT2D eigenvalue weighted by Crippen LogP contribution is 2.25. The molecular weight excluding hydrogens is 432 g/mol. The summed E-state index contributed by atoms with van der Waals surface area (Å²) in [5, 5.41) is 0. The Hall–Kier alpha value is -1.61. The van der Waals surface area contributed by atoms with Crippen LogP contribution in [0.15, 0.2) is 51.8 Å². The molecule has 1 aliphatic heterocycles. The van der Waals surface area contributed by atoms with E-state index >= 15 is 0 Å².